The molecule has 33 heavy (non-hydrogen) atoms. The first-order chi connectivity index (χ1) is 15.8. The third kappa shape index (κ3) is 5.47. The van der Waals surface area contributed by atoms with Gasteiger partial charge in [0.25, 0.3) is 11.7 Å². The molecule has 178 valence electrons. The number of nitrogens with zero attached hydrogens (tertiary/aromatic N) is 2. The average Bonchev–Trinajstić information content (AvgIpc) is 3.34. The first-order valence-corrected chi connectivity index (χ1v) is 11.6. The van der Waals surface area contributed by atoms with Crippen molar-refractivity contribution in [3.8, 4) is 5.75 Å². The van der Waals surface area contributed by atoms with Crippen LogP contribution in [0.2, 0.25) is 0 Å². The Hall–Kier alpha value is -3.06. The van der Waals surface area contributed by atoms with Gasteiger partial charge in [-0.05, 0) is 62.3 Å². The summed E-state index contributed by atoms with van der Waals surface area (Å²) in [5, 5.41) is 11.1. The Balaban J connectivity index is 1.97. The number of aliphatic hydroxyl groups excluding tert-OH is 1. The molecule has 0 bridgehead atoms. The van der Waals surface area contributed by atoms with E-state index in [2.05, 4.69) is 32.6 Å². The van der Waals surface area contributed by atoms with Gasteiger partial charge >= 0.3 is 0 Å². The van der Waals surface area contributed by atoms with Crippen LogP contribution in [0, 0.1) is 12.8 Å². The number of likely N-dealkylation sites (N-methyl/N-ethyl adjacent to an activating group) is 1. The molecular weight excluding hydrogens is 420 g/mol. The van der Waals surface area contributed by atoms with Crippen molar-refractivity contribution < 1.29 is 23.8 Å². The van der Waals surface area contributed by atoms with Crippen LogP contribution in [0.4, 0.5) is 0 Å². The van der Waals surface area contributed by atoms with Gasteiger partial charge in [0.15, 0.2) is 0 Å². The van der Waals surface area contributed by atoms with E-state index in [9.17, 15) is 14.7 Å². The van der Waals surface area contributed by atoms with Gasteiger partial charge in [-0.15, -0.1) is 0 Å². The molecule has 2 aromatic rings. The number of ketones is 1. The number of rotatable bonds is 10. The summed E-state index contributed by atoms with van der Waals surface area (Å²) in [4.78, 5) is 29.7. The second-order valence-corrected chi connectivity index (χ2v) is 8.70. The molecule has 7 heteroatoms. The standard InChI is InChI=1S/C26H34N2O5/c1-6-27(7-2)14-15-28-23(21-13-8-18(5)33-21)22(25(30)26(28)31)24(29)19-9-11-20(12-10-19)32-16-17(3)4/h8-13,17,23,29H,6-7,14-16H2,1-5H3/b24-22-. The van der Waals surface area contributed by atoms with E-state index < -0.39 is 17.7 Å². The van der Waals surface area contributed by atoms with Crippen LogP contribution in [-0.4, -0.2) is 59.4 Å². The topological polar surface area (TPSA) is 83.2 Å². The lowest BCUT2D eigenvalue weighted by Crippen LogP contribution is -2.37. The Labute approximate surface area is 195 Å². The minimum absolute atomic E-state index is 0.0461. The van der Waals surface area contributed by atoms with E-state index in [0.29, 0.717) is 48.4 Å². The Bertz CT molecular complexity index is 1000. The number of hydrogen-bond acceptors (Lipinski definition) is 6. The van der Waals surface area contributed by atoms with Gasteiger partial charge in [-0.2, -0.15) is 0 Å². The SMILES string of the molecule is CCN(CC)CCN1C(=O)C(=O)/C(=C(\O)c2ccc(OCC(C)C)cc2)C1c1ccc(C)o1. The molecule has 1 aromatic heterocycles. The highest BCUT2D eigenvalue weighted by Gasteiger charge is 2.47. The third-order valence-corrected chi connectivity index (χ3v) is 5.83. The predicted molar refractivity (Wildman–Crippen MR) is 127 cm³/mol. The second kappa shape index (κ2) is 10.7. The number of likely N-dealkylation sites (tertiary alicyclic amines) is 1. The van der Waals surface area contributed by atoms with E-state index in [1.807, 2.05) is 6.92 Å². The highest BCUT2D eigenvalue weighted by Crippen LogP contribution is 2.40. The minimum atomic E-state index is -0.772. The van der Waals surface area contributed by atoms with E-state index in [4.69, 9.17) is 9.15 Å². The van der Waals surface area contributed by atoms with Crippen molar-refractivity contribution in [1.29, 1.82) is 0 Å². The Kier molecular flexibility index (Phi) is 7.97. The number of hydrogen-bond donors (Lipinski definition) is 1. The fourth-order valence-corrected chi connectivity index (χ4v) is 3.92. The van der Waals surface area contributed by atoms with Gasteiger partial charge < -0.3 is 24.1 Å². The van der Waals surface area contributed by atoms with Crippen LogP contribution in [-0.2, 0) is 9.59 Å². The van der Waals surface area contributed by atoms with Crippen molar-refractivity contribution in [1.82, 2.24) is 9.80 Å². The molecular formula is C26H34N2O5. The molecule has 1 atom stereocenters. The van der Waals surface area contributed by atoms with Crippen molar-refractivity contribution in [3.63, 3.8) is 0 Å². The monoisotopic (exact) mass is 454 g/mol. The van der Waals surface area contributed by atoms with Gasteiger partial charge in [-0.1, -0.05) is 27.7 Å². The van der Waals surface area contributed by atoms with Gasteiger partial charge in [0, 0.05) is 18.7 Å². The quantitative estimate of drug-likeness (QED) is 0.326. The molecule has 1 fully saturated rings. The average molecular weight is 455 g/mol. The summed E-state index contributed by atoms with van der Waals surface area (Å²) in [7, 11) is 0. The number of Topliss-reactive ketones (excluding diaryl/α,β-unsaturated/α-hetero) is 1. The van der Waals surface area contributed by atoms with Crippen molar-refractivity contribution in [2.75, 3.05) is 32.8 Å². The zero-order valence-corrected chi connectivity index (χ0v) is 20.1. The summed E-state index contributed by atoms with van der Waals surface area (Å²) < 4.78 is 11.5. The van der Waals surface area contributed by atoms with Crippen LogP contribution in [0.1, 0.15) is 50.8 Å². The van der Waals surface area contributed by atoms with Crippen molar-refractivity contribution in [2.45, 2.75) is 40.7 Å². The summed E-state index contributed by atoms with van der Waals surface area (Å²) in [6.45, 7) is 13.3. The number of ether oxygens (including phenoxy) is 1. The van der Waals surface area contributed by atoms with Crippen molar-refractivity contribution >= 4 is 17.4 Å². The van der Waals surface area contributed by atoms with E-state index in [1.54, 1.807) is 36.4 Å². The van der Waals surface area contributed by atoms with Crippen LogP contribution in [0.15, 0.2) is 46.4 Å². The number of amides is 1. The highest BCUT2D eigenvalue weighted by molar-refractivity contribution is 6.46. The first-order valence-electron chi connectivity index (χ1n) is 11.6. The smallest absolute Gasteiger partial charge is 0.295 e. The molecule has 0 spiro atoms. The third-order valence-electron chi connectivity index (χ3n) is 5.83. The Morgan fingerprint density at radius 3 is 2.33 bits per heavy atom. The molecule has 1 aliphatic rings. The zero-order chi connectivity index (χ0) is 24.1. The second-order valence-electron chi connectivity index (χ2n) is 8.70. The molecule has 1 aromatic carbocycles. The molecule has 1 saturated heterocycles. The van der Waals surface area contributed by atoms with Crippen LogP contribution >= 0.6 is 0 Å². The lowest BCUT2D eigenvalue weighted by Gasteiger charge is -2.26. The largest absolute Gasteiger partial charge is 0.507 e. The Morgan fingerprint density at radius 2 is 1.79 bits per heavy atom. The molecule has 0 saturated carbocycles. The summed E-state index contributed by atoms with van der Waals surface area (Å²) in [6, 6.07) is 9.66. The van der Waals surface area contributed by atoms with Gasteiger partial charge in [0.05, 0.1) is 12.2 Å². The number of carbonyl (C=O) groups is 2. The number of carbonyl (C=O) groups excluding carboxylic acids is 2. The lowest BCUT2D eigenvalue weighted by atomic mass is 9.99. The molecule has 2 heterocycles. The van der Waals surface area contributed by atoms with Gasteiger partial charge in [0.1, 0.15) is 29.1 Å². The Morgan fingerprint density at radius 1 is 1.12 bits per heavy atom. The van der Waals surface area contributed by atoms with Crippen LogP contribution in [0.3, 0.4) is 0 Å². The summed E-state index contributed by atoms with van der Waals surface area (Å²) in [5.74, 6) is 0.662. The predicted octanol–water partition coefficient (Wildman–Crippen LogP) is 4.39. The first kappa shape index (κ1) is 24.6. The molecule has 7 nitrogen and oxygen atoms in total. The molecule has 0 radical (unpaired) electrons. The van der Waals surface area contributed by atoms with E-state index in [-0.39, 0.29) is 11.3 Å². The van der Waals surface area contributed by atoms with Gasteiger partial charge in [-0.3, -0.25) is 9.59 Å². The highest BCUT2D eigenvalue weighted by atomic mass is 16.5. The van der Waals surface area contributed by atoms with E-state index >= 15 is 0 Å². The number of aliphatic hydroxyl groups is 1. The van der Waals surface area contributed by atoms with Crippen LogP contribution < -0.4 is 4.74 Å². The molecule has 1 N–H and O–H groups in total. The number of furan rings is 1. The number of aryl methyl sites for hydroxylation is 1. The maximum absolute atomic E-state index is 13.1. The molecule has 0 aliphatic carbocycles. The molecule has 1 amide bonds. The maximum atomic E-state index is 13.1. The van der Waals surface area contributed by atoms with E-state index in [0.717, 1.165) is 13.1 Å². The van der Waals surface area contributed by atoms with Gasteiger partial charge in [-0.25, -0.2) is 0 Å². The zero-order valence-electron chi connectivity index (χ0n) is 20.1. The summed E-state index contributed by atoms with van der Waals surface area (Å²) in [5.41, 5.74) is 0.492. The van der Waals surface area contributed by atoms with Gasteiger partial charge in [0.2, 0.25) is 0 Å². The fourth-order valence-electron chi connectivity index (χ4n) is 3.92. The minimum Gasteiger partial charge on any atom is -0.507 e. The molecule has 1 unspecified atom stereocenters. The number of benzene rings is 1. The lowest BCUT2D eigenvalue weighted by molar-refractivity contribution is -0.140. The molecule has 1 aliphatic heterocycles. The van der Waals surface area contributed by atoms with Crippen LogP contribution in [0.25, 0.3) is 5.76 Å². The summed E-state index contributed by atoms with van der Waals surface area (Å²) >= 11 is 0. The van der Waals surface area contributed by atoms with Crippen LogP contribution in [0.5, 0.6) is 5.75 Å². The van der Waals surface area contributed by atoms with E-state index in [1.165, 1.54) is 4.90 Å². The normalized spacial score (nSPS) is 18.0. The summed E-state index contributed by atoms with van der Waals surface area (Å²) in [6.07, 6.45) is 0. The maximum Gasteiger partial charge on any atom is 0.295 e. The van der Waals surface area contributed by atoms with Crippen molar-refractivity contribution in [2.24, 2.45) is 5.92 Å². The fraction of sp³-hybridized carbons (Fsp3) is 0.462. The van der Waals surface area contributed by atoms with Crippen molar-refractivity contribution in [3.05, 3.63) is 59.1 Å². The molecule has 3 rings (SSSR count).